The van der Waals surface area contributed by atoms with Crippen molar-refractivity contribution in [2.75, 3.05) is 0 Å². The Bertz CT molecular complexity index is 154. The zero-order valence-electron chi connectivity index (χ0n) is 6.72. The molecule has 0 aliphatic carbocycles. The zero-order valence-corrected chi connectivity index (χ0v) is 9.72. The second-order valence-electron chi connectivity index (χ2n) is 2.51. The lowest BCUT2D eigenvalue weighted by molar-refractivity contribution is 0.286. The molecule has 0 bridgehead atoms. The van der Waals surface area contributed by atoms with Crippen LogP contribution in [0.1, 0.15) is 0 Å². The molecule has 0 amide bonds. The van der Waals surface area contributed by atoms with Crippen LogP contribution in [-0.2, 0) is 12.3 Å². The van der Waals surface area contributed by atoms with Gasteiger partial charge in [-0.1, -0.05) is 6.08 Å². The third-order valence-electron chi connectivity index (χ3n) is 1.32. The van der Waals surface area contributed by atoms with Gasteiger partial charge in [-0.05, 0) is 13.1 Å². The van der Waals surface area contributed by atoms with Crippen molar-refractivity contribution >= 4 is 27.9 Å². The van der Waals surface area contributed by atoms with E-state index in [-0.39, 0.29) is 10.0 Å². The Labute approximate surface area is 72.5 Å². The summed E-state index contributed by atoms with van der Waals surface area (Å²) in [6.07, 6.45) is 1.86. The van der Waals surface area contributed by atoms with Crippen LogP contribution in [-0.4, -0.2) is 27.9 Å². The van der Waals surface area contributed by atoms with E-state index in [1.807, 2.05) is 12.6 Å². The molecule has 6 heteroatoms. The van der Waals surface area contributed by atoms with E-state index in [1.54, 1.807) is 0 Å². The molecule has 0 aromatic rings. The van der Waals surface area contributed by atoms with Gasteiger partial charge in [-0.15, -0.1) is 6.58 Å². The molecule has 0 saturated carbocycles. The summed E-state index contributed by atoms with van der Waals surface area (Å²) in [5.41, 5.74) is 0. The monoisotopic (exact) mass is 203 g/mol. The van der Waals surface area contributed by atoms with Gasteiger partial charge in [0.15, 0.2) is 0 Å². The summed E-state index contributed by atoms with van der Waals surface area (Å²) < 4.78 is 16.3. The first-order chi connectivity index (χ1) is 5.16. The summed E-state index contributed by atoms with van der Waals surface area (Å²) in [6.45, 7) is 7.72. The van der Waals surface area contributed by atoms with Gasteiger partial charge in [0, 0.05) is 6.04 Å². The molecule has 1 fully saturated rings. The van der Waals surface area contributed by atoms with E-state index in [9.17, 15) is 0 Å². The van der Waals surface area contributed by atoms with Crippen LogP contribution >= 0.6 is 0 Å². The maximum Gasteiger partial charge on any atom is 0.413 e. The fourth-order valence-electron chi connectivity index (χ4n) is 0.859. The minimum absolute atomic E-state index is 0.177. The van der Waals surface area contributed by atoms with Crippen molar-refractivity contribution in [2.45, 2.75) is 19.1 Å². The molecule has 1 rings (SSSR count). The lowest BCUT2D eigenvalue weighted by Crippen LogP contribution is -2.50. The lowest BCUT2D eigenvalue weighted by Gasteiger charge is -2.32. The molecule has 11 heavy (non-hydrogen) atoms. The molecule has 0 aromatic heterocycles. The Morgan fingerprint density at radius 3 is 3.00 bits per heavy atom. The molecular formula is C5H11O3Si3. The summed E-state index contributed by atoms with van der Waals surface area (Å²) >= 11 is 0. The van der Waals surface area contributed by atoms with Gasteiger partial charge in [0.25, 0.3) is 0 Å². The second-order valence-corrected chi connectivity index (χ2v) is 8.78. The topological polar surface area (TPSA) is 27.7 Å². The molecule has 1 atom stereocenters. The van der Waals surface area contributed by atoms with E-state index in [0.717, 1.165) is 6.04 Å². The van der Waals surface area contributed by atoms with Gasteiger partial charge in [0.2, 0.25) is 0 Å². The Morgan fingerprint density at radius 1 is 1.73 bits per heavy atom. The number of hydrogen-bond acceptors (Lipinski definition) is 3. The van der Waals surface area contributed by atoms with E-state index < -0.39 is 17.8 Å². The van der Waals surface area contributed by atoms with E-state index in [4.69, 9.17) is 12.3 Å². The largest absolute Gasteiger partial charge is 0.415 e. The Kier molecular flexibility index (Phi) is 3.22. The molecule has 1 heterocycles. The average Bonchev–Trinajstić information content (AvgIpc) is 1.86. The van der Waals surface area contributed by atoms with Crippen molar-refractivity contribution in [1.82, 2.24) is 0 Å². The fraction of sp³-hybridized carbons (Fsp3) is 0.600. The van der Waals surface area contributed by atoms with E-state index in [0.29, 0.717) is 0 Å². The molecule has 0 aromatic carbocycles. The predicted octanol–water partition coefficient (Wildman–Crippen LogP) is 0.960. The molecule has 1 aliphatic rings. The van der Waals surface area contributed by atoms with E-state index >= 15 is 0 Å². The van der Waals surface area contributed by atoms with Crippen LogP contribution in [0, 0.1) is 0 Å². The minimum atomic E-state index is -1.89. The van der Waals surface area contributed by atoms with Crippen LogP contribution in [0.25, 0.3) is 0 Å². The van der Waals surface area contributed by atoms with Crippen molar-refractivity contribution in [3.05, 3.63) is 12.7 Å². The molecule has 61 valence electrons. The Balaban J connectivity index is 2.47. The van der Waals surface area contributed by atoms with Crippen LogP contribution in [0.5, 0.6) is 0 Å². The van der Waals surface area contributed by atoms with Crippen LogP contribution < -0.4 is 0 Å². The van der Waals surface area contributed by atoms with Crippen molar-refractivity contribution < 1.29 is 12.3 Å². The highest BCUT2D eigenvalue weighted by molar-refractivity contribution is 6.79. The normalized spacial score (nSPS) is 33.6. The summed E-state index contributed by atoms with van der Waals surface area (Å²) in [4.78, 5) is 0. The van der Waals surface area contributed by atoms with Crippen molar-refractivity contribution in [3.63, 3.8) is 0 Å². The van der Waals surface area contributed by atoms with Gasteiger partial charge in [-0.3, -0.25) is 0 Å². The maximum absolute atomic E-state index is 5.65. The molecule has 1 saturated heterocycles. The van der Waals surface area contributed by atoms with Crippen LogP contribution in [0.3, 0.4) is 0 Å². The van der Waals surface area contributed by atoms with Crippen molar-refractivity contribution in [2.24, 2.45) is 0 Å². The van der Waals surface area contributed by atoms with Crippen LogP contribution in [0.15, 0.2) is 12.7 Å². The third kappa shape index (κ3) is 2.65. The molecule has 3 radical (unpaired) electrons. The average molecular weight is 203 g/mol. The van der Waals surface area contributed by atoms with Gasteiger partial charge in [-0.25, -0.2) is 0 Å². The quantitative estimate of drug-likeness (QED) is 0.494. The van der Waals surface area contributed by atoms with E-state index in [2.05, 4.69) is 13.1 Å². The number of rotatable bonds is 2. The first-order valence-corrected chi connectivity index (χ1v) is 8.55. The summed E-state index contributed by atoms with van der Waals surface area (Å²) in [5.74, 6) is 0. The third-order valence-corrected chi connectivity index (χ3v) is 8.77. The highest BCUT2D eigenvalue weighted by Crippen LogP contribution is 2.18. The first kappa shape index (κ1) is 9.36. The van der Waals surface area contributed by atoms with Gasteiger partial charge >= 0.3 is 27.9 Å². The SMILES string of the molecule is C=CC[Si]1(C)O[Si]O[Si](C)O1. The Hall–Kier alpha value is 0.271. The highest BCUT2D eigenvalue weighted by Gasteiger charge is 2.37. The smallest absolute Gasteiger partial charge is 0.413 e. The standard InChI is InChI=1S/C5H11O3Si3/c1-4-5-11(3)7-9-6-10(2)8-11/h4H,1,5H2,2-3H3. The predicted molar refractivity (Wildman–Crippen MR) is 47.2 cm³/mol. The van der Waals surface area contributed by atoms with Gasteiger partial charge < -0.3 is 12.3 Å². The molecule has 0 N–H and O–H groups in total. The van der Waals surface area contributed by atoms with Crippen molar-refractivity contribution in [3.8, 4) is 0 Å². The highest BCUT2D eigenvalue weighted by atomic mass is 28.5. The van der Waals surface area contributed by atoms with Gasteiger partial charge in [-0.2, -0.15) is 0 Å². The van der Waals surface area contributed by atoms with Gasteiger partial charge in [0.05, 0.1) is 0 Å². The first-order valence-electron chi connectivity index (χ1n) is 3.39. The zero-order chi connectivity index (χ0) is 8.32. The summed E-state index contributed by atoms with van der Waals surface area (Å²) in [6, 6.07) is 0.853. The summed E-state index contributed by atoms with van der Waals surface area (Å²) in [5, 5.41) is 0. The lowest BCUT2D eigenvalue weighted by atomic mass is 10.8. The number of hydrogen-bond donors (Lipinski definition) is 0. The fourth-order valence-corrected chi connectivity index (χ4v) is 7.28. The molecule has 1 unspecified atom stereocenters. The molecular weight excluding hydrogens is 192 g/mol. The maximum atomic E-state index is 5.65. The van der Waals surface area contributed by atoms with E-state index in [1.165, 1.54) is 0 Å². The minimum Gasteiger partial charge on any atom is -0.415 e. The molecule has 3 nitrogen and oxygen atoms in total. The van der Waals surface area contributed by atoms with Crippen LogP contribution in [0.4, 0.5) is 0 Å². The number of allylic oxidation sites excluding steroid dienone is 1. The summed E-state index contributed by atoms with van der Waals surface area (Å²) in [7, 11) is -2.73. The molecule has 0 spiro atoms. The van der Waals surface area contributed by atoms with Gasteiger partial charge in [0.1, 0.15) is 0 Å². The van der Waals surface area contributed by atoms with Crippen LogP contribution in [0.2, 0.25) is 19.1 Å². The molecule has 1 aliphatic heterocycles. The van der Waals surface area contributed by atoms with Crippen molar-refractivity contribution in [1.29, 1.82) is 0 Å². The second kappa shape index (κ2) is 3.79. The Morgan fingerprint density at radius 2 is 2.45 bits per heavy atom.